The van der Waals surface area contributed by atoms with Crippen LogP contribution in [0.1, 0.15) is 65.2 Å². The van der Waals surface area contributed by atoms with Crippen LogP contribution in [-0.4, -0.2) is 12.2 Å². The van der Waals surface area contributed by atoms with Gasteiger partial charge in [0, 0.05) is 0 Å². The molecule has 0 aromatic carbocycles. The highest BCUT2D eigenvalue weighted by Crippen LogP contribution is 2.29. The van der Waals surface area contributed by atoms with Gasteiger partial charge in [-0.25, -0.2) is 9.78 Å². The topological polar surface area (TPSA) is 18.5 Å². The minimum atomic E-state index is 0.371. The molecule has 16 heavy (non-hydrogen) atoms. The van der Waals surface area contributed by atoms with E-state index in [2.05, 4.69) is 13.8 Å². The number of rotatable bonds is 3. The summed E-state index contributed by atoms with van der Waals surface area (Å²) in [5.74, 6) is 1.77. The maximum atomic E-state index is 5.61. The summed E-state index contributed by atoms with van der Waals surface area (Å²) in [4.78, 5) is 11.2. The Bertz CT molecular complexity index is 167. The summed E-state index contributed by atoms with van der Waals surface area (Å²) in [6.45, 7) is 4.67. The summed E-state index contributed by atoms with van der Waals surface area (Å²) in [6.07, 6.45) is 10.7. The lowest BCUT2D eigenvalue weighted by atomic mass is 9.89. The van der Waals surface area contributed by atoms with E-state index in [0.717, 1.165) is 11.8 Å². The molecule has 0 aliphatic heterocycles. The smallest absolute Gasteiger partial charge is 0.0930 e. The van der Waals surface area contributed by atoms with Gasteiger partial charge in [-0.2, -0.15) is 0 Å². The van der Waals surface area contributed by atoms with Crippen molar-refractivity contribution in [2.45, 2.75) is 77.4 Å². The quantitative estimate of drug-likeness (QED) is 0.533. The highest BCUT2D eigenvalue weighted by atomic mass is 17.2. The molecule has 0 amide bonds. The van der Waals surface area contributed by atoms with Gasteiger partial charge in [0.05, 0.1) is 12.2 Å². The van der Waals surface area contributed by atoms with Crippen LogP contribution in [0, 0.1) is 11.8 Å². The van der Waals surface area contributed by atoms with Gasteiger partial charge in [0.2, 0.25) is 0 Å². The molecule has 2 rings (SSSR count). The Morgan fingerprint density at radius 3 is 1.19 bits per heavy atom. The van der Waals surface area contributed by atoms with Crippen molar-refractivity contribution in [1.29, 1.82) is 0 Å². The summed E-state index contributed by atoms with van der Waals surface area (Å²) >= 11 is 0. The first-order chi connectivity index (χ1) is 7.74. The largest absolute Gasteiger partial charge is 0.233 e. The van der Waals surface area contributed by atoms with Gasteiger partial charge in [-0.1, -0.05) is 13.8 Å². The van der Waals surface area contributed by atoms with Gasteiger partial charge in [-0.3, -0.25) is 0 Å². The molecule has 0 bridgehead atoms. The molecule has 0 atom stereocenters. The van der Waals surface area contributed by atoms with Crippen LogP contribution in [0.3, 0.4) is 0 Å². The Balaban J connectivity index is 1.60. The van der Waals surface area contributed by atoms with Crippen molar-refractivity contribution in [2.24, 2.45) is 11.8 Å². The van der Waals surface area contributed by atoms with Gasteiger partial charge in [-0.15, -0.1) is 0 Å². The number of hydrogen-bond donors (Lipinski definition) is 0. The zero-order valence-corrected chi connectivity index (χ0v) is 10.8. The summed E-state index contributed by atoms with van der Waals surface area (Å²) in [5.41, 5.74) is 0. The molecular weight excluding hydrogens is 200 g/mol. The van der Waals surface area contributed by atoms with E-state index < -0.39 is 0 Å². The van der Waals surface area contributed by atoms with E-state index in [1.165, 1.54) is 51.4 Å². The van der Waals surface area contributed by atoms with Crippen LogP contribution < -0.4 is 0 Å². The number of hydrogen-bond acceptors (Lipinski definition) is 2. The van der Waals surface area contributed by atoms with Crippen molar-refractivity contribution in [3.63, 3.8) is 0 Å². The molecule has 0 heterocycles. The van der Waals surface area contributed by atoms with E-state index in [1.54, 1.807) is 0 Å². The van der Waals surface area contributed by atoms with Crippen molar-refractivity contribution >= 4 is 0 Å². The van der Waals surface area contributed by atoms with Crippen LogP contribution in [0.2, 0.25) is 0 Å². The van der Waals surface area contributed by atoms with E-state index in [-0.39, 0.29) is 0 Å². The fourth-order valence-corrected chi connectivity index (χ4v) is 2.81. The van der Waals surface area contributed by atoms with Crippen LogP contribution >= 0.6 is 0 Å². The maximum Gasteiger partial charge on any atom is 0.0930 e. The Morgan fingerprint density at radius 2 is 0.875 bits per heavy atom. The standard InChI is InChI=1S/C14H26O2/c1-11-3-7-13(8-4-11)15-16-14-9-5-12(2)6-10-14/h11-14H,3-10H2,1-2H3. The van der Waals surface area contributed by atoms with Crippen LogP contribution in [0.4, 0.5) is 0 Å². The van der Waals surface area contributed by atoms with Crippen molar-refractivity contribution in [1.82, 2.24) is 0 Å². The molecule has 0 aromatic heterocycles. The molecule has 0 N–H and O–H groups in total. The normalized spacial score (nSPS) is 40.9. The van der Waals surface area contributed by atoms with Crippen molar-refractivity contribution in [3.8, 4) is 0 Å². The molecule has 2 aliphatic carbocycles. The lowest BCUT2D eigenvalue weighted by Crippen LogP contribution is -2.26. The van der Waals surface area contributed by atoms with Crippen LogP contribution in [-0.2, 0) is 9.78 Å². The summed E-state index contributed by atoms with van der Waals surface area (Å²) in [7, 11) is 0. The Labute approximate surface area is 99.6 Å². The third-order valence-electron chi connectivity index (χ3n) is 4.25. The summed E-state index contributed by atoms with van der Waals surface area (Å²) in [6, 6.07) is 0. The predicted octanol–water partition coefficient (Wildman–Crippen LogP) is 4.09. The van der Waals surface area contributed by atoms with Crippen molar-refractivity contribution in [3.05, 3.63) is 0 Å². The lowest BCUT2D eigenvalue weighted by Gasteiger charge is -2.29. The molecule has 2 aliphatic rings. The molecule has 2 saturated carbocycles. The van der Waals surface area contributed by atoms with Crippen LogP contribution in [0.25, 0.3) is 0 Å². The second kappa shape index (κ2) is 6.02. The molecule has 0 saturated heterocycles. The van der Waals surface area contributed by atoms with Gasteiger partial charge >= 0.3 is 0 Å². The first-order valence-corrected chi connectivity index (χ1v) is 7.06. The Hall–Kier alpha value is -0.0800. The lowest BCUT2D eigenvalue weighted by molar-refractivity contribution is -0.359. The van der Waals surface area contributed by atoms with Gasteiger partial charge in [0.1, 0.15) is 0 Å². The third-order valence-corrected chi connectivity index (χ3v) is 4.25. The average Bonchev–Trinajstić information content (AvgIpc) is 2.30. The van der Waals surface area contributed by atoms with Gasteiger partial charge in [0.25, 0.3) is 0 Å². The van der Waals surface area contributed by atoms with Crippen molar-refractivity contribution in [2.75, 3.05) is 0 Å². The van der Waals surface area contributed by atoms with Gasteiger partial charge < -0.3 is 0 Å². The first-order valence-electron chi connectivity index (χ1n) is 7.06. The molecule has 2 heteroatoms. The zero-order valence-electron chi connectivity index (χ0n) is 10.8. The van der Waals surface area contributed by atoms with Gasteiger partial charge in [-0.05, 0) is 63.2 Å². The monoisotopic (exact) mass is 226 g/mol. The van der Waals surface area contributed by atoms with E-state index in [1.807, 2.05) is 0 Å². The average molecular weight is 226 g/mol. The molecule has 0 unspecified atom stereocenters. The second-order valence-corrected chi connectivity index (χ2v) is 5.96. The maximum absolute atomic E-state index is 5.61. The minimum absolute atomic E-state index is 0.371. The molecule has 94 valence electrons. The van der Waals surface area contributed by atoms with E-state index in [4.69, 9.17) is 9.78 Å². The molecule has 2 fully saturated rings. The molecule has 2 nitrogen and oxygen atoms in total. The highest BCUT2D eigenvalue weighted by molar-refractivity contribution is 4.71. The molecule has 0 radical (unpaired) electrons. The van der Waals surface area contributed by atoms with E-state index in [0.29, 0.717) is 12.2 Å². The second-order valence-electron chi connectivity index (χ2n) is 5.96. The fourth-order valence-electron chi connectivity index (χ4n) is 2.81. The molecule has 0 aromatic rings. The summed E-state index contributed by atoms with van der Waals surface area (Å²) < 4.78 is 0. The zero-order chi connectivity index (χ0) is 11.4. The first kappa shape index (κ1) is 12.4. The Morgan fingerprint density at radius 1 is 0.562 bits per heavy atom. The van der Waals surface area contributed by atoms with E-state index in [9.17, 15) is 0 Å². The molecular formula is C14H26O2. The van der Waals surface area contributed by atoms with Crippen LogP contribution in [0.5, 0.6) is 0 Å². The van der Waals surface area contributed by atoms with Gasteiger partial charge in [0.15, 0.2) is 0 Å². The SMILES string of the molecule is CC1CCC(OOC2CCC(C)CC2)CC1. The minimum Gasteiger partial charge on any atom is -0.233 e. The molecule has 0 spiro atoms. The van der Waals surface area contributed by atoms with Crippen molar-refractivity contribution < 1.29 is 9.78 Å². The predicted molar refractivity (Wildman–Crippen MR) is 65.0 cm³/mol. The Kier molecular flexibility index (Phi) is 4.66. The highest BCUT2D eigenvalue weighted by Gasteiger charge is 2.23. The summed E-state index contributed by atoms with van der Waals surface area (Å²) in [5, 5.41) is 0. The van der Waals surface area contributed by atoms with Crippen LogP contribution in [0.15, 0.2) is 0 Å². The van der Waals surface area contributed by atoms with E-state index >= 15 is 0 Å². The third kappa shape index (κ3) is 3.74. The fraction of sp³-hybridized carbons (Fsp3) is 1.00.